The van der Waals surface area contributed by atoms with Crippen molar-refractivity contribution in [2.45, 2.75) is 0 Å². The first-order valence-electron chi connectivity index (χ1n) is 8.28. The fourth-order valence-electron chi connectivity index (χ4n) is 2.60. The number of hydrazone groups is 1. The van der Waals surface area contributed by atoms with Crippen molar-refractivity contribution in [3.05, 3.63) is 69.5 Å². The van der Waals surface area contributed by atoms with Crippen molar-refractivity contribution in [1.29, 1.82) is 0 Å². The summed E-state index contributed by atoms with van der Waals surface area (Å²) in [6.07, 6.45) is 1.46. The van der Waals surface area contributed by atoms with E-state index in [9.17, 15) is 4.79 Å². The molecule has 0 spiro atoms. The number of carbonyl (C=O) groups is 1. The highest BCUT2D eigenvalue weighted by Crippen LogP contribution is 2.30. The van der Waals surface area contributed by atoms with Gasteiger partial charge in [-0.15, -0.1) is 0 Å². The molecule has 0 unspecified atom stereocenters. The Morgan fingerprint density at radius 1 is 1.00 bits per heavy atom. The second-order valence-corrected chi connectivity index (χ2v) is 7.01. The summed E-state index contributed by atoms with van der Waals surface area (Å²) in [6, 6.07) is 16.7. The Balaban J connectivity index is 1.40. The third-order valence-corrected chi connectivity index (χ3v) is 4.64. The Morgan fingerprint density at radius 2 is 1.78 bits per heavy atom. The quantitative estimate of drug-likeness (QED) is 0.352. The van der Waals surface area contributed by atoms with Crippen molar-refractivity contribution in [3.63, 3.8) is 0 Å². The summed E-state index contributed by atoms with van der Waals surface area (Å²) in [4.78, 5) is 12.2. The van der Waals surface area contributed by atoms with Crippen LogP contribution in [0.5, 0.6) is 11.5 Å². The zero-order valence-electron chi connectivity index (χ0n) is 14.1. The van der Waals surface area contributed by atoms with E-state index >= 15 is 0 Å². The number of hydrogen-bond acceptors (Lipinski definition) is 5. The van der Waals surface area contributed by atoms with Gasteiger partial charge in [0.15, 0.2) is 11.5 Å². The zero-order valence-corrected chi connectivity index (χ0v) is 16.3. The van der Waals surface area contributed by atoms with Crippen molar-refractivity contribution in [3.8, 4) is 22.8 Å². The van der Waals surface area contributed by atoms with E-state index in [1.165, 1.54) is 6.21 Å². The number of hydrogen-bond donors (Lipinski definition) is 1. The van der Waals surface area contributed by atoms with Crippen LogP contribution in [0.25, 0.3) is 11.3 Å². The van der Waals surface area contributed by atoms with E-state index in [0.29, 0.717) is 36.0 Å². The molecule has 3 aromatic rings. The number of fused-ring (bicyclic) bond motifs is 1. The van der Waals surface area contributed by atoms with E-state index in [2.05, 4.69) is 33.1 Å². The van der Waals surface area contributed by atoms with Gasteiger partial charge in [-0.05, 0) is 65.1 Å². The van der Waals surface area contributed by atoms with Gasteiger partial charge in [-0.3, -0.25) is 4.79 Å². The summed E-state index contributed by atoms with van der Waals surface area (Å²) in [5, 5.41) is 3.96. The molecule has 4 rings (SSSR count). The van der Waals surface area contributed by atoms with Crippen LogP contribution in [-0.4, -0.2) is 25.3 Å². The summed E-state index contributed by atoms with van der Waals surface area (Å²) < 4.78 is 17.8. The van der Waals surface area contributed by atoms with Gasteiger partial charge in [0.2, 0.25) is 0 Å². The lowest BCUT2D eigenvalue weighted by Gasteiger charge is -2.18. The Morgan fingerprint density at radius 3 is 2.59 bits per heavy atom. The number of nitrogens with one attached hydrogen (secondary N) is 1. The number of halogens is 1. The third-order valence-electron chi connectivity index (χ3n) is 3.92. The van der Waals surface area contributed by atoms with Crippen molar-refractivity contribution in [1.82, 2.24) is 5.43 Å². The normalized spacial score (nSPS) is 12.9. The summed E-state index contributed by atoms with van der Waals surface area (Å²) in [6.45, 7) is 0.980. The summed E-state index contributed by atoms with van der Waals surface area (Å²) in [5.41, 5.74) is 3.91. The molecule has 27 heavy (non-hydrogen) atoms. The molecule has 0 radical (unpaired) electrons. The Labute approximate surface area is 169 Å². The second kappa shape index (κ2) is 7.83. The first kappa shape index (κ1) is 17.6. The molecule has 1 aromatic heterocycles. The fraction of sp³-hybridized carbons (Fsp3) is 0.100. The van der Waals surface area contributed by atoms with Crippen molar-refractivity contribution in [2.24, 2.45) is 5.10 Å². The van der Waals surface area contributed by atoms with E-state index < -0.39 is 0 Å². The topological polar surface area (TPSA) is 73.1 Å². The SMILES string of the molecule is O=C(NN=Cc1ccc(-c2ccc(I)cc2)o1)c1ccc2c(c1)OCCO2. The van der Waals surface area contributed by atoms with Gasteiger partial charge in [-0.1, -0.05) is 12.1 Å². The van der Waals surface area contributed by atoms with E-state index in [0.717, 1.165) is 14.9 Å². The molecule has 0 saturated heterocycles. The minimum atomic E-state index is -0.340. The standard InChI is InChI=1S/C20H15IN2O4/c21-15-4-1-13(2-5-15)17-8-6-16(27-17)12-22-23-20(24)14-3-7-18-19(11-14)26-10-9-25-18/h1-8,11-12H,9-10H2,(H,23,24). The molecule has 2 aromatic carbocycles. The van der Waals surface area contributed by atoms with Crippen LogP contribution >= 0.6 is 22.6 Å². The van der Waals surface area contributed by atoms with Crippen molar-refractivity contribution in [2.75, 3.05) is 13.2 Å². The summed E-state index contributed by atoms with van der Waals surface area (Å²) in [7, 11) is 0. The molecule has 1 amide bonds. The first-order chi connectivity index (χ1) is 13.2. The number of carbonyl (C=O) groups excluding carboxylic acids is 1. The van der Waals surface area contributed by atoms with E-state index in [1.807, 2.05) is 30.3 Å². The van der Waals surface area contributed by atoms with Gasteiger partial charge in [0.25, 0.3) is 5.91 Å². The van der Waals surface area contributed by atoms with Crippen LogP contribution < -0.4 is 14.9 Å². The molecule has 0 bridgehead atoms. The highest BCUT2D eigenvalue weighted by atomic mass is 127. The van der Waals surface area contributed by atoms with Gasteiger partial charge in [0, 0.05) is 14.7 Å². The van der Waals surface area contributed by atoms with Crippen LogP contribution in [-0.2, 0) is 0 Å². The molecule has 1 N–H and O–H groups in total. The minimum Gasteiger partial charge on any atom is -0.486 e. The van der Waals surface area contributed by atoms with Crippen LogP contribution in [0.3, 0.4) is 0 Å². The van der Waals surface area contributed by atoms with Crippen LogP contribution in [0.2, 0.25) is 0 Å². The maximum atomic E-state index is 12.2. The van der Waals surface area contributed by atoms with E-state index in [4.69, 9.17) is 13.9 Å². The Hall–Kier alpha value is -2.81. The van der Waals surface area contributed by atoms with Crippen LogP contribution in [0.1, 0.15) is 16.1 Å². The zero-order chi connectivity index (χ0) is 18.6. The lowest BCUT2D eigenvalue weighted by molar-refractivity contribution is 0.0954. The molecule has 1 aliphatic heterocycles. The monoisotopic (exact) mass is 474 g/mol. The lowest BCUT2D eigenvalue weighted by Crippen LogP contribution is -2.19. The van der Waals surface area contributed by atoms with Gasteiger partial charge >= 0.3 is 0 Å². The Kier molecular flexibility index (Phi) is 5.10. The molecule has 0 atom stereocenters. The molecule has 0 fully saturated rings. The summed E-state index contributed by atoms with van der Waals surface area (Å²) >= 11 is 2.25. The molecule has 7 heteroatoms. The highest BCUT2D eigenvalue weighted by Gasteiger charge is 2.14. The predicted molar refractivity (Wildman–Crippen MR) is 109 cm³/mol. The molecule has 0 aliphatic carbocycles. The maximum Gasteiger partial charge on any atom is 0.271 e. The maximum absolute atomic E-state index is 12.2. The summed E-state index contributed by atoms with van der Waals surface area (Å²) in [5.74, 6) is 2.15. The first-order valence-corrected chi connectivity index (χ1v) is 9.36. The van der Waals surface area contributed by atoms with Crippen LogP contribution in [0.15, 0.2) is 64.1 Å². The number of ether oxygens (including phenoxy) is 2. The number of amides is 1. The van der Waals surface area contributed by atoms with Gasteiger partial charge in [-0.25, -0.2) is 5.43 Å². The van der Waals surface area contributed by atoms with Crippen LogP contribution in [0.4, 0.5) is 0 Å². The third kappa shape index (κ3) is 4.13. The van der Waals surface area contributed by atoms with Crippen molar-refractivity contribution < 1.29 is 18.7 Å². The van der Waals surface area contributed by atoms with Crippen molar-refractivity contribution >= 4 is 34.7 Å². The highest BCUT2D eigenvalue weighted by molar-refractivity contribution is 14.1. The average molecular weight is 474 g/mol. The predicted octanol–water partition coefficient (Wildman–Crippen LogP) is 4.09. The van der Waals surface area contributed by atoms with Gasteiger partial charge in [-0.2, -0.15) is 5.10 Å². The molecular weight excluding hydrogens is 459 g/mol. The molecule has 6 nitrogen and oxygen atoms in total. The largest absolute Gasteiger partial charge is 0.486 e. The number of benzene rings is 2. The second-order valence-electron chi connectivity index (χ2n) is 5.77. The fourth-order valence-corrected chi connectivity index (χ4v) is 2.95. The molecule has 1 aliphatic rings. The molecule has 2 heterocycles. The molecular formula is C20H15IN2O4. The minimum absolute atomic E-state index is 0.340. The number of furan rings is 1. The number of rotatable bonds is 4. The van der Waals surface area contributed by atoms with E-state index in [1.54, 1.807) is 24.3 Å². The van der Waals surface area contributed by atoms with E-state index in [-0.39, 0.29) is 5.91 Å². The van der Waals surface area contributed by atoms with Crippen LogP contribution in [0, 0.1) is 3.57 Å². The molecule has 136 valence electrons. The average Bonchev–Trinajstić information content (AvgIpc) is 3.17. The van der Waals surface area contributed by atoms with Gasteiger partial charge in [0.1, 0.15) is 24.7 Å². The van der Waals surface area contributed by atoms with Gasteiger partial charge < -0.3 is 13.9 Å². The smallest absolute Gasteiger partial charge is 0.271 e. The van der Waals surface area contributed by atoms with Gasteiger partial charge in [0.05, 0.1) is 6.21 Å². The molecule has 0 saturated carbocycles. The lowest BCUT2D eigenvalue weighted by atomic mass is 10.2. The number of nitrogens with zero attached hydrogens (tertiary/aromatic N) is 1. The Bertz CT molecular complexity index is 995.